The molecule has 28 heavy (non-hydrogen) atoms. The number of amides is 1. The zero-order valence-corrected chi connectivity index (χ0v) is 16.0. The lowest BCUT2D eigenvalue weighted by Gasteiger charge is -2.10. The van der Waals surface area contributed by atoms with Gasteiger partial charge in [-0.3, -0.25) is 4.79 Å². The molecular formula is C23H25NO4. The number of nitrogens with one attached hydrogen (secondary N) is 1. The summed E-state index contributed by atoms with van der Waals surface area (Å²) in [6.45, 7) is 1.48. The van der Waals surface area contributed by atoms with E-state index in [1.54, 1.807) is 13.2 Å². The molecule has 0 radical (unpaired) electrons. The van der Waals surface area contributed by atoms with Gasteiger partial charge in [-0.05, 0) is 30.0 Å². The van der Waals surface area contributed by atoms with Crippen LogP contribution >= 0.6 is 0 Å². The highest BCUT2D eigenvalue weighted by Crippen LogP contribution is 2.25. The van der Waals surface area contributed by atoms with Crippen molar-refractivity contribution in [2.24, 2.45) is 0 Å². The fraction of sp³-hybridized carbons (Fsp3) is 0.261. The van der Waals surface area contributed by atoms with Gasteiger partial charge in [0.2, 0.25) is 5.91 Å². The third kappa shape index (κ3) is 5.72. The van der Waals surface area contributed by atoms with Gasteiger partial charge >= 0.3 is 0 Å². The Kier molecular flexibility index (Phi) is 7.27. The van der Waals surface area contributed by atoms with E-state index in [4.69, 9.17) is 14.2 Å². The van der Waals surface area contributed by atoms with E-state index in [0.29, 0.717) is 38.4 Å². The Morgan fingerprint density at radius 2 is 1.71 bits per heavy atom. The number of benzene rings is 3. The van der Waals surface area contributed by atoms with Crippen LogP contribution in [-0.2, 0) is 9.53 Å². The fourth-order valence-electron chi connectivity index (χ4n) is 2.87. The third-order valence-electron chi connectivity index (χ3n) is 4.23. The van der Waals surface area contributed by atoms with Crippen LogP contribution in [0.5, 0.6) is 11.5 Å². The van der Waals surface area contributed by atoms with Gasteiger partial charge in [0.1, 0.15) is 18.1 Å². The van der Waals surface area contributed by atoms with E-state index < -0.39 is 0 Å². The van der Waals surface area contributed by atoms with E-state index in [1.807, 2.05) is 48.5 Å². The summed E-state index contributed by atoms with van der Waals surface area (Å²) in [6.07, 6.45) is 1.03. The number of carbonyl (C=O) groups is 1. The monoisotopic (exact) mass is 379 g/mol. The van der Waals surface area contributed by atoms with Crippen LogP contribution in [0.25, 0.3) is 10.8 Å². The van der Waals surface area contributed by atoms with Crippen LogP contribution in [0, 0.1) is 0 Å². The van der Waals surface area contributed by atoms with Crippen molar-refractivity contribution >= 4 is 22.4 Å². The van der Waals surface area contributed by atoms with E-state index in [0.717, 1.165) is 22.2 Å². The van der Waals surface area contributed by atoms with Crippen molar-refractivity contribution in [3.8, 4) is 11.5 Å². The van der Waals surface area contributed by atoms with Gasteiger partial charge in [0, 0.05) is 30.7 Å². The Balaban J connectivity index is 1.44. The number of hydrogen-bond donors (Lipinski definition) is 1. The molecule has 0 unspecified atom stereocenters. The summed E-state index contributed by atoms with van der Waals surface area (Å²) in [4.78, 5) is 12.2. The average Bonchev–Trinajstić information content (AvgIpc) is 2.72. The summed E-state index contributed by atoms with van der Waals surface area (Å²) >= 11 is 0. The smallest absolute Gasteiger partial charge is 0.224 e. The van der Waals surface area contributed by atoms with E-state index in [-0.39, 0.29) is 5.91 Å². The van der Waals surface area contributed by atoms with Crippen molar-refractivity contribution in [1.82, 2.24) is 0 Å². The van der Waals surface area contributed by atoms with Crippen LogP contribution in [-0.4, -0.2) is 32.8 Å². The molecule has 0 aliphatic rings. The number of hydrogen-bond acceptors (Lipinski definition) is 4. The zero-order chi connectivity index (χ0) is 19.6. The largest absolute Gasteiger partial charge is 0.493 e. The highest BCUT2D eigenvalue weighted by Gasteiger charge is 2.05. The van der Waals surface area contributed by atoms with Gasteiger partial charge in [0.15, 0.2) is 0 Å². The lowest BCUT2D eigenvalue weighted by molar-refractivity contribution is -0.116. The molecule has 3 aromatic rings. The molecule has 0 aliphatic heterocycles. The Bertz CT molecular complexity index is 905. The van der Waals surface area contributed by atoms with Crippen molar-refractivity contribution in [1.29, 1.82) is 0 Å². The minimum atomic E-state index is -0.0458. The first kappa shape index (κ1) is 19.7. The van der Waals surface area contributed by atoms with Crippen LogP contribution in [0.1, 0.15) is 12.8 Å². The van der Waals surface area contributed by atoms with Crippen LogP contribution in [0.15, 0.2) is 66.7 Å². The minimum Gasteiger partial charge on any atom is -0.493 e. The van der Waals surface area contributed by atoms with Gasteiger partial charge in [-0.15, -0.1) is 0 Å². The number of carbonyl (C=O) groups excluding carboxylic acids is 1. The second-order valence-electron chi connectivity index (χ2n) is 6.35. The third-order valence-corrected chi connectivity index (χ3v) is 4.23. The summed E-state index contributed by atoms with van der Waals surface area (Å²) in [7, 11) is 1.63. The summed E-state index contributed by atoms with van der Waals surface area (Å²) in [5.74, 6) is 1.50. The maximum absolute atomic E-state index is 12.2. The van der Waals surface area contributed by atoms with E-state index in [2.05, 4.69) is 17.4 Å². The molecule has 5 heteroatoms. The molecule has 0 bridgehead atoms. The molecule has 3 aromatic carbocycles. The van der Waals surface area contributed by atoms with Gasteiger partial charge in [0.25, 0.3) is 0 Å². The first-order valence-electron chi connectivity index (χ1n) is 9.38. The Morgan fingerprint density at radius 3 is 2.61 bits per heavy atom. The second-order valence-corrected chi connectivity index (χ2v) is 6.35. The topological polar surface area (TPSA) is 56.8 Å². The van der Waals surface area contributed by atoms with Gasteiger partial charge in [-0.2, -0.15) is 0 Å². The molecule has 0 saturated carbocycles. The SMILES string of the molecule is COCCOc1cccc(NC(=O)CCCOc2cccc3ccccc23)c1. The molecule has 1 N–H and O–H groups in total. The molecule has 0 spiro atoms. The molecule has 1 amide bonds. The summed E-state index contributed by atoms with van der Waals surface area (Å²) < 4.78 is 16.4. The lowest BCUT2D eigenvalue weighted by Crippen LogP contribution is -2.13. The van der Waals surface area contributed by atoms with Crippen LogP contribution < -0.4 is 14.8 Å². The Hall–Kier alpha value is -3.05. The first-order valence-corrected chi connectivity index (χ1v) is 9.38. The van der Waals surface area contributed by atoms with Crippen LogP contribution in [0.3, 0.4) is 0 Å². The lowest BCUT2D eigenvalue weighted by atomic mass is 10.1. The minimum absolute atomic E-state index is 0.0458. The van der Waals surface area contributed by atoms with Crippen LogP contribution in [0.4, 0.5) is 5.69 Å². The Labute approximate surface area is 165 Å². The predicted molar refractivity (Wildman–Crippen MR) is 111 cm³/mol. The molecule has 5 nitrogen and oxygen atoms in total. The molecule has 146 valence electrons. The number of ether oxygens (including phenoxy) is 3. The number of methoxy groups -OCH3 is 1. The predicted octanol–water partition coefficient (Wildman–Crippen LogP) is 4.66. The van der Waals surface area contributed by atoms with Crippen molar-refractivity contribution in [2.75, 3.05) is 32.2 Å². The molecule has 0 aliphatic carbocycles. The molecule has 0 aromatic heterocycles. The second kappa shape index (κ2) is 10.3. The average molecular weight is 379 g/mol. The Morgan fingerprint density at radius 1 is 0.893 bits per heavy atom. The van der Waals surface area contributed by atoms with E-state index in [1.165, 1.54) is 0 Å². The molecule has 0 fully saturated rings. The number of anilines is 1. The maximum atomic E-state index is 12.2. The quantitative estimate of drug-likeness (QED) is 0.521. The van der Waals surface area contributed by atoms with E-state index >= 15 is 0 Å². The number of rotatable bonds is 10. The van der Waals surface area contributed by atoms with Gasteiger partial charge in [-0.25, -0.2) is 0 Å². The molecular weight excluding hydrogens is 354 g/mol. The standard InChI is InChI=1S/C23H25NO4/c1-26-15-16-27-20-10-5-9-19(17-20)24-23(25)13-6-14-28-22-12-4-8-18-7-2-3-11-21(18)22/h2-5,7-12,17H,6,13-16H2,1H3,(H,24,25). The van der Waals surface area contributed by atoms with Crippen molar-refractivity contribution in [2.45, 2.75) is 12.8 Å². The normalized spacial score (nSPS) is 10.6. The van der Waals surface area contributed by atoms with Crippen molar-refractivity contribution in [3.05, 3.63) is 66.7 Å². The zero-order valence-electron chi connectivity index (χ0n) is 16.0. The highest BCUT2D eigenvalue weighted by molar-refractivity contribution is 5.91. The van der Waals surface area contributed by atoms with Crippen molar-refractivity contribution < 1.29 is 19.0 Å². The molecule has 0 heterocycles. The molecule has 3 rings (SSSR count). The molecule has 0 saturated heterocycles. The summed E-state index contributed by atoms with van der Waals surface area (Å²) in [5.41, 5.74) is 0.717. The maximum Gasteiger partial charge on any atom is 0.224 e. The highest BCUT2D eigenvalue weighted by atomic mass is 16.5. The summed E-state index contributed by atoms with van der Waals surface area (Å²) in [6, 6.07) is 21.4. The van der Waals surface area contributed by atoms with Gasteiger partial charge < -0.3 is 19.5 Å². The van der Waals surface area contributed by atoms with Gasteiger partial charge in [-0.1, -0.05) is 42.5 Å². The summed E-state index contributed by atoms with van der Waals surface area (Å²) in [5, 5.41) is 5.12. The molecule has 0 atom stereocenters. The first-order chi connectivity index (χ1) is 13.8. The van der Waals surface area contributed by atoms with E-state index in [9.17, 15) is 4.79 Å². The fourth-order valence-corrected chi connectivity index (χ4v) is 2.87. The van der Waals surface area contributed by atoms with Gasteiger partial charge in [0.05, 0.1) is 13.2 Å². The number of fused-ring (bicyclic) bond motifs is 1. The van der Waals surface area contributed by atoms with Crippen LogP contribution in [0.2, 0.25) is 0 Å². The van der Waals surface area contributed by atoms with Crippen molar-refractivity contribution in [3.63, 3.8) is 0 Å².